The van der Waals surface area contributed by atoms with Crippen molar-refractivity contribution in [3.63, 3.8) is 0 Å². The number of carboxylic acids is 1. The molecule has 0 aliphatic carbocycles. The van der Waals surface area contributed by atoms with E-state index in [9.17, 15) is 9.59 Å². The molecule has 0 radical (unpaired) electrons. The van der Waals surface area contributed by atoms with Crippen LogP contribution in [0.1, 0.15) is 37.8 Å². The smallest absolute Gasteiger partial charge is 0.322 e. The van der Waals surface area contributed by atoms with E-state index in [2.05, 4.69) is 5.32 Å². The van der Waals surface area contributed by atoms with Crippen molar-refractivity contribution in [2.75, 3.05) is 11.9 Å². The minimum atomic E-state index is -0.839. The number of aliphatic carboxylic acids is 1. The van der Waals surface area contributed by atoms with Crippen LogP contribution in [0.2, 0.25) is 0 Å². The Kier molecular flexibility index (Phi) is 6.21. The SMILES string of the molecule is Cc1ccc(C)c(NC(=O)N(CCCC(=O)O)C(C)C)c1. The number of aryl methyl sites for hydroxylation is 2. The number of anilines is 1. The second-order valence-corrected chi connectivity index (χ2v) is 5.53. The van der Waals surface area contributed by atoms with E-state index < -0.39 is 5.97 Å². The lowest BCUT2D eigenvalue weighted by atomic mass is 10.1. The fraction of sp³-hybridized carbons (Fsp3) is 0.500. The van der Waals surface area contributed by atoms with Gasteiger partial charge in [0.05, 0.1) is 0 Å². The number of urea groups is 1. The van der Waals surface area contributed by atoms with Crippen LogP contribution in [0.15, 0.2) is 18.2 Å². The summed E-state index contributed by atoms with van der Waals surface area (Å²) < 4.78 is 0. The largest absolute Gasteiger partial charge is 0.481 e. The van der Waals surface area contributed by atoms with Gasteiger partial charge in [0, 0.05) is 24.7 Å². The van der Waals surface area contributed by atoms with Crippen LogP contribution in [-0.2, 0) is 4.79 Å². The molecule has 0 saturated heterocycles. The molecule has 0 aromatic heterocycles. The zero-order chi connectivity index (χ0) is 16.0. The first-order valence-electron chi connectivity index (χ1n) is 7.18. The van der Waals surface area contributed by atoms with E-state index in [4.69, 9.17) is 5.11 Å². The van der Waals surface area contributed by atoms with Crippen LogP contribution in [-0.4, -0.2) is 34.6 Å². The van der Waals surface area contributed by atoms with Gasteiger partial charge in [-0.2, -0.15) is 0 Å². The molecule has 0 fully saturated rings. The highest BCUT2D eigenvalue weighted by Gasteiger charge is 2.17. The number of carbonyl (C=O) groups is 2. The highest BCUT2D eigenvalue weighted by Crippen LogP contribution is 2.17. The summed E-state index contributed by atoms with van der Waals surface area (Å²) >= 11 is 0. The molecule has 2 amide bonds. The molecule has 0 aliphatic rings. The molecule has 0 bridgehead atoms. The molecular weight excluding hydrogens is 268 g/mol. The summed E-state index contributed by atoms with van der Waals surface area (Å²) in [5, 5.41) is 11.6. The fourth-order valence-corrected chi connectivity index (χ4v) is 2.05. The van der Waals surface area contributed by atoms with Crippen LogP contribution in [0.25, 0.3) is 0 Å². The summed E-state index contributed by atoms with van der Waals surface area (Å²) in [6.45, 7) is 8.19. The summed E-state index contributed by atoms with van der Waals surface area (Å²) in [7, 11) is 0. The Morgan fingerprint density at radius 3 is 2.52 bits per heavy atom. The van der Waals surface area contributed by atoms with Gasteiger partial charge in [0.1, 0.15) is 0 Å². The molecule has 0 atom stereocenters. The van der Waals surface area contributed by atoms with E-state index in [1.165, 1.54) is 0 Å². The third kappa shape index (κ3) is 5.45. The molecule has 1 rings (SSSR count). The number of hydrogen-bond acceptors (Lipinski definition) is 2. The van der Waals surface area contributed by atoms with Crippen molar-refractivity contribution in [1.29, 1.82) is 0 Å². The average Bonchev–Trinajstić information content (AvgIpc) is 2.38. The second kappa shape index (κ2) is 7.67. The number of carboxylic acid groups (broad SMARTS) is 1. The lowest BCUT2D eigenvalue weighted by molar-refractivity contribution is -0.137. The van der Waals surface area contributed by atoms with Gasteiger partial charge in [-0.3, -0.25) is 4.79 Å². The van der Waals surface area contributed by atoms with Gasteiger partial charge in [0.2, 0.25) is 0 Å². The van der Waals surface area contributed by atoms with Crippen LogP contribution in [0.5, 0.6) is 0 Å². The first-order chi connectivity index (χ1) is 9.81. The average molecular weight is 292 g/mol. The maximum Gasteiger partial charge on any atom is 0.322 e. The Morgan fingerprint density at radius 1 is 1.29 bits per heavy atom. The van der Waals surface area contributed by atoms with Gasteiger partial charge in [-0.1, -0.05) is 12.1 Å². The van der Waals surface area contributed by atoms with Gasteiger partial charge in [-0.05, 0) is 51.3 Å². The Morgan fingerprint density at radius 2 is 1.95 bits per heavy atom. The number of nitrogens with one attached hydrogen (secondary N) is 1. The maximum absolute atomic E-state index is 12.4. The molecule has 0 spiro atoms. The minimum absolute atomic E-state index is 0.0175. The maximum atomic E-state index is 12.4. The number of nitrogens with zero attached hydrogens (tertiary/aromatic N) is 1. The van der Waals surface area contributed by atoms with Crippen LogP contribution in [0, 0.1) is 13.8 Å². The van der Waals surface area contributed by atoms with Crippen molar-refractivity contribution >= 4 is 17.7 Å². The van der Waals surface area contributed by atoms with Gasteiger partial charge in [0.15, 0.2) is 0 Å². The Balaban J connectivity index is 2.72. The number of hydrogen-bond donors (Lipinski definition) is 2. The van der Waals surface area contributed by atoms with Crippen molar-refractivity contribution in [1.82, 2.24) is 4.90 Å². The van der Waals surface area contributed by atoms with Gasteiger partial charge >= 0.3 is 12.0 Å². The van der Waals surface area contributed by atoms with Crippen molar-refractivity contribution in [2.24, 2.45) is 0 Å². The quantitative estimate of drug-likeness (QED) is 0.844. The van der Waals surface area contributed by atoms with Crippen LogP contribution in [0.3, 0.4) is 0 Å². The molecular formula is C16H24N2O3. The number of rotatable bonds is 6. The molecule has 0 unspecified atom stereocenters. The Hall–Kier alpha value is -2.04. The van der Waals surface area contributed by atoms with Gasteiger partial charge in [-0.25, -0.2) is 4.79 Å². The number of amides is 2. The molecule has 5 heteroatoms. The normalized spacial score (nSPS) is 10.5. The van der Waals surface area contributed by atoms with E-state index in [-0.39, 0.29) is 18.5 Å². The first kappa shape index (κ1) is 17.0. The van der Waals surface area contributed by atoms with E-state index in [1.54, 1.807) is 4.90 Å². The van der Waals surface area contributed by atoms with E-state index in [0.717, 1.165) is 16.8 Å². The third-order valence-corrected chi connectivity index (χ3v) is 3.31. The first-order valence-corrected chi connectivity index (χ1v) is 7.18. The van der Waals surface area contributed by atoms with Crippen molar-refractivity contribution in [3.05, 3.63) is 29.3 Å². The predicted octanol–water partition coefficient (Wildman–Crippen LogP) is 3.41. The van der Waals surface area contributed by atoms with Crippen molar-refractivity contribution in [2.45, 2.75) is 46.6 Å². The summed E-state index contributed by atoms with van der Waals surface area (Å²) in [6.07, 6.45) is 0.522. The second-order valence-electron chi connectivity index (χ2n) is 5.53. The standard InChI is InChI=1S/C16H24N2O3/c1-11(2)18(9-5-6-15(19)20)16(21)17-14-10-12(3)7-8-13(14)4/h7-8,10-11H,5-6,9H2,1-4H3,(H,17,21)(H,19,20). The molecule has 2 N–H and O–H groups in total. The van der Waals surface area contributed by atoms with Gasteiger partial charge in [-0.15, -0.1) is 0 Å². The Bertz CT molecular complexity index is 512. The van der Waals surface area contributed by atoms with E-state index in [0.29, 0.717) is 13.0 Å². The molecule has 1 aromatic carbocycles. The molecule has 116 valence electrons. The highest BCUT2D eigenvalue weighted by molar-refractivity contribution is 5.90. The van der Waals surface area contributed by atoms with Crippen molar-refractivity contribution < 1.29 is 14.7 Å². The minimum Gasteiger partial charge on any atom is -0.481 e. The molecule has 0 heterocycles. The molecule has 0 aliphatic heterocycles. The monoisotopic (exact) mass is 292 g/mol. The fourth-order valence-electron chi connectivity index (χ4n) is 2.05. The number of carbonyl (C=O) groups excluding carboxylic acids is 1. The van der Waals surface area contributed by atoms with Gasteiger partial charge < -0.3 is 15.3 Å². The summed E-state index contributed by atoms with van der Waals surface area (Å²) in [6, 6.07) is 5.73. The third-order valence-electron chi connectivity index (χ3n) is 3.31. The topological polar surface area (TPSA) is 69.6 Å². The van der Waals surface area contributed by atoms with Crippen LogP contribution >= 0.6 is 0 Å². The van der Waals surface area contributed by atoms with E-state index in [1.807, 2.05) is 45.9 Å². The van der Waals surface area contributed by atoms with Crippen molar-refractivity contribution in [3.8, 4) is 0 Å². The molecule has 0 saturated carbocycles. The summed E-state index contributed by atoms with van der Waals surface area (Å²) in [5.41, 5.74) is 2.88. The zero-order valence-electron chi connectivity index (χ0n) is 13.1. The predicted molar refractivity (Wildman–Crippen MR) is 83.6 cm³/mol. The van der Waals surface area contributed by atoms with Gasteiger partial charge in [0.25, 0.3) is 0 Å². The molecule has 1 aromatic rings. The lowest BCUT2D eigenvalue weighted by Crippen LogP contribution is -2.41. The van der Waals surface area contributed by atoms with Crippen LogP contribution < -0.4 is 5.32 Å². The number of benzene rings is 1. The zero-order valence-corrected chi connectivity index (χ0v) is 13.1. The molecule has 21 heavy (non-hydrogen) atoms. The van der Waals surface area contributed by atoms with E-state index >= 15 is 0 Å². The highest BCUT2D eigenvalue weighted by atomic mass is 16.4. The van der Waals surface area contributed by atoms with Crippen LogP contribution in [0.4, 0.5) is 10.5 Å². The molecule has 5 nitrogen and oxygen atoms in total. The summed E-state index contributed by atoms with van der Waals surface area (Å²) in [4.78, 5) is 24.6. The Labute approximate surface area is 126 Å². The summed E-state index contributed by atoms with van der Waals surface area (Å²) in [5.74, 6) is -0.839. The lowest BCUT2D eigenvalue weighted by Gasteiger charge is -2.27.